The molecule has 0 unspecified atom stereocenters. The highest BCUT2D eigenvalue weighted by Gasteiger charge is 2.36. The molecule has 0 spiro atoms. The maximum atomic E-state index is 6.44. The van der Waals surface area contributed by atoms with Crippen molar-refractivity contribution in [2.24, 2.45) is 0 Å². The summed E-state index contributed by atoms with van der Waals surface area (Å²) in [7, 11) is 0. The smallest absolute Gasteiger partial charge is 0.164 e. The Morgan fingerprint density at radius 3 is 1.46 bits per heavy atom. The van der Waals surface area contributed by atoms with Gasteiger partial charge in [-0.25, -0.2) is 15.0 Å². The van der Waals surface area contributed by atoms with Crippen molar-refractivity contribution < 1.29 is 4.42 Å². The Kier molecular flexibility index (Phi) is 6.80. The van der Waals surface area contributed by atoms with Gasteiger partial charge in [-0.3, -0.25) is 0 Å². The fourth-order valence-electron chi connectivity index (χ4n) is 7.75. The molecular weight excluding hydrogens is 635 g/mol. The van der Waals surface area contributed by atoms with Gasteiger partial charge in [0.15, 0.2) is 17.5 Å². The lowest BCUT2D eigenvalue weighted by atomic mass is 9.82. The van der Waals surface area contributed by atoms with Crippen molar-refractivity contribution in [3.05, 3.63) is 175 Å². The molecule has 0 bridgehead atoms. The van der Waals surface area contributed by atoms with Crippen LogP contribution in [0, 0.1) is 0 Å². The largest absolute Gasteiger partial charge is 0.456 e. The van der Waals surface area contributed by atoms with Gasteiger partial charge in [0.05, 0.1) is 0 Å². The van der Waals surface area contributed by atoms with Crippen molar-refractivity contribution in [3.63, 3.8) is 0 Å². The number of furan rings is 1. The second kappa shape index (κ2) is 11.7. The zero-order valence-electron chi connectivity index (χ0n) is 28.8. The molecule has 9 aromatic rings. The molecule has 1 aliphatic rings. The first-order valence-corrected chi connectivity index (χ1v) is 17.7. The maximum absolute atomic E-state index is 6.44. The van der Waals surface area contributed by atoms with Crippen molar-refractivity contribution >= 4 is 21.9 Å². The van der Waals surface area contributed by atoms with Crippen molar-refractivity contribution in [3.8, 4) is 67.5 Å². The average Bonchev–Trinajstić information content (AvgIpc) is 3.68. The average molecular weight is 668 g/mol. The van der Waals surface area contributed by atoms with E-state index in [-0.39, 0.29) is 5.41 Å². The highest BCUT2D eigenvalue weighted by atomic mass is 16.3. The van der Waals surface area contributed by atoms with Crippen molar-refractivity contribution in [2.75, 3.05) is 0 Å². The van der Waals surface area contributed by atoms with E-state index >= 15 is 0 Å². The van der Waals surface area contributed by atoms with Crippen molar-refractivity contribution in [2.45, 2.75) is 19.3 Å². The van der Waals surface area contributed by atoms with Gasteiger partial charge in [0.2, 0.25) is 0 Å². The van der Waals surface area contributed by atoms with Gasteiger partial charge in [-0.1, -0.05) is 153 Å². The Balaban J connectivity index is 1.02. The molecule has 10 rings (SSSR count). The molecule has 52 heavy (non-hydrogen) atoms. The van der Waals surface area contributed by atoms with E-state index in [0.29, 0.717) is 17.5 Å². The van der Waals surface area contributed by atoms with Gasteiger partial charge >= 0.3 is 0 Å². The summed E-state index contributed by atoms with van der Waals surface area (Å²) >= 11 is 0. The Morgan fingerprint density at radius 2 is 0.827 bits per heavy atom. The first-order chi connectivity index (χ1) is 25.5. The number of fused-ring (bicyclic) bond motifs is 6. The molecule has 0 fully saturated rings. The predicted octanol–water partition coefficient (Wildman–Crippen LogP) is 12.4. The summed E-state index contributed by atoms with van der Waals surface area (Å²) in [5, 5.41) is 2.26. The zero-order chi connectivity index (χ0) is 34.8. The SMILES string of the molecule is CC1(C)c2ccccc2-c2cc3c(cc21)oc1ccc(-c2ccc(-c4nc(-c5ccccc5)nc(-c5ccc(-c6ccccc6)cc5)n4)cc2)cc13. The zero-order valence-corrected chi connectivity index (χ0v) is 28.8. The van der Waals surface area contributed by atoms with Gasteiger partial charge in [0.25, 0.3) is 0 Å². The van der Waals surface area contributed by atoms with E-state index in [1.807, 2.05) is 36.4 Å². The Labute approximate surface area is 302 Å². The van der Waals surface area contributed by atoms with Gasteiger partial charge in [-0.15, -0.1) is 0 Å². The summed E-state index contributed by atoms with van der Waals surface area (Å²) in [5.41, 5.74) is 14.4. The summed E-state index contributed by atoms with van der Waals surface area (Å²) in [6.45, 7) is 4.61. The van der Waals surface area contributed by atoms with Crippen LogP contribution in [0.5, 0.6) is 0 Å². The number of hydrogen-bond acceptors (Lipinski definition) is 4. The topological polar surface area (TPSA) is 51.8 Å². The van der Waals surface area contributed by atoms with Crippen LogP contribution in [0.3, 0.4) is 0 Å². The van der Waals surface area contributed by atoms with E-state index < -0.39 is 0 Å². The molecule has 0 atom stereocenters. The highest BCUT2D eigenvalue weighted by molar-refractivity contribution is 6.09. The Bertz CT molecular complexity index is 2780. The second-order valence-electron chi connectivity index (χ2n) is 14.1. The number of benzene rings is 7. The molecule has 0 radical (unpaired) electrons. The molecule has 0 aliphatic heterocycles. The van der Waals surface area contributed by atoms with E-state index in [1.54, 1.807) is 0 Å². The van der Waals surface area contributed by atoms with Crippen LogP contribution in [0.2, 0.25) is 0 Å². The molecule has 7 aromatic carbocycles. The first-order valence-electron chi connectivity index (χ1n) is 17.7. The molecule has 0 amide bonds. The van der Waals surface area contributed by atoms with Crippen molar-refractivity contribution in [1.82, 2.24) is 15.0 Å². The van der Waals surface area contributed by atoms with Gasteiger partial charge in [0.1, 0.15) is 11.2 Å². The van der Waals surface area contributed by atoms with Crippen LogP contribution in [0.1, 0.15) is 25.0 Å². The Hall–Kier alpha value is -6.65. The van der Waals surface area contributed by atoms with E-state index in [2.05, 4.69) is 141 Å². The number of nitrogens with zero attached hydrogens (tertiary/aromatic N) is 3. The lowest BCUT2D eigenvalue weighted by Crippen LogP contribution is -2.14. The van der Waals surface area contributed by atoms with E-state index in [1.165, 1.54) is 27.8 Å². The summed E-state index contributed by atoms with van der Waals surface area (Å²) < 4.78 is 6.44. The molecule has 0 saturated heterocycles. The van der Waals surface area contributed by atoms with E-state index in [4.69, 9.17) is 19.4 Å². The van der Waals surface area contributed by atoms with Crippen LogP contribution in [0.15, 0.2) is 168 Å². The summed E-state index contributed by atoms with van der Waals surface area (Å²) in [4.78, 5) is 14.9. The molecular formula is C48H33N3O. The van der Waals surface area contributed by atoms with E-state index in [0.717, 1.165) is 55.3 Å². The summed E-state index contributed by atoms with van der Waals surface area (Å²) in [5.74, 6) is 1.92. The molecule has 2 heterocycles. The van der Waals surface area contributed by atoms with Gasteiger partial charge < -0.3 is 4.42 Å². The fraction of sp³-hybridized carbons (Fsp3) is 0.0625. The molecule has 0 N–H and O–H groups in total. The van der Waals surface area contributed by atoms with Crippen LogP contribution < -0.4 is 0 Å². The van der Waals surface area contributed by atoms with Crippen LogP contribution in [0.4, 0.5) is 0 Å². The monoisotopic (exact) mass is 667 g/mol. The molecule has 1 aliphatic carbocycles. The lowest BCUT2D eigenvalue weighted by molar-refractivity contribution is 0.647. The van der Waals surface area contributed by atoms with Gasteiger partial charge in [-0.05, 0) is 68.8 Å². The summed E-state index contributed by atoms with van der Waals surface area (Å²) in [6, 6.07) is 57.2. The molecule has 246 valence electrons. The number of rotatable bonds is 5. The van der Waals surface area contributed by atoms with Crippen LogP contribution >= 0.6 is 0 Å². The minimum Gasteiger partial charge on any atom is -0.456 e. The fourth-order valence-corrected chi connectivity index (χ4v) is 7.75. The third-order valence-corrected chi connectivity index (χ3v) is 10.6. The third kappa shape index (κ3) is 4.95. The molecule has 2 aromatic heterocycles. The molecule has 4 nitrogen and oxygen atoms in total. The minimum atomic E-state index is -0.0693. The van der Waals surface area contributed by atoms with E-state index in [9.17, 15) is 0 Å². The van der Waals surface area contributed by atoms with Gasteiger partial charge in [0, 0.05) is 32.9 Å². The molecule has 0 saturated carbocycles. The quantitative estimate of drug-likeness (QED) is 0.183. The summed E-state index contributed by atoms with van der Waals surface area (Å²) in [6.07, 6.45) is 0. The number of aromatic nitrogens is 3. The van der Waals surface area contributed by atoms with Crippen LogP contribution in [-0.2, 0) is 5.41 Å². The second-order valence-corrected chi connectivity index (χ2v) is 14.1. The Morgan fingerprint density at radius 1 is 0.365 bits per heavy atom. The first kappa shape index (κ1) is 30.2. The minimum absolute atomic E-state index is 0.0693. The highest BCUT2D eigenvalue weighted by Crippen LogP contribution is 2.50. The third-order valence-electron chi connectivity index (χ3n) is 10.6. The van der Waals surface area contributed by atoms with Crippen LogP contribution in [-0.4, -0.2) is 15.0 Å². The maximum Gasteiger partial charge on any atom is 0.164 e. The molecule has 4 heteroatoms. The standard InChI is InChI=1S/C48H33N3O/c1-48(2)41-16-10-9-15-37(41)38-28-40-39-27-36(25-26-43(39)52-44(40)29-42(38)48)32-19-23-35(24-20-32)47-50-45(33-13-7-4-8-14-33)49-46(51-47)34-21-17-31(18-22-34)30-11-5-3-6-12-30/h3-29H,1-2H3. The van der Waals surface area contributed by atoms with Crippen molar-refractivity contribution in [1.29, 1.82) is 0 Å². The van der Waals surface area contributed by atoms with Crippen LogP contribution in [0.25, 0.3) is 89.5 Å². The van der Waals surface area contributed by atoms with Gasteiger partial charge in [-0.2, -0.15) is 0 Å². The normalized spacial score (nSPS) is 13.0. The predicted molar refractivity (Wildman–Crippen MR) is 212 cm³/mol. The number of hydrogen-bond donors (Lipinski definition) is 0. The lowest BCUT2D eigenvalue weighted by Gasteiger charge is -2.21.